The average Bonchev–Trinajstić information content (AvgIpc) is 2.79. The average molecular weight is 253 g/mol. The van der Waals surface area contributed by atoms with E-state index in [1.54, 1.807) is 6.92 Å². The number of thiophene rings is 1. The van der Waals surface area contributed by atoms with Crippen molar-refractivity contribution in [3.8, 4) is 11.8 Å². The number of carbonyl (C=O) groups is 1. The fourth-order valence-corrected chi connectivity index (χ4v) is 1.91. The maximum absolute atomic E-state index is 11.5. The number of methoxy groups -OCH3 is 1. The van der Waals surface area contributed by atoms with Gasteiger partial charge in [-0.25, -0.2) is 0 Å². The van der Waals surface area contributed by atoms with Crippen molar-refractivity contribution >= 4 is 17.2 Å². The third kappa shape index (κ3) is 4.19. The summed E-state index contributed by atoms with van der Waals surface area (Å²) in [5.74, 6) is 5.27. The Morgan fingerprint density at radius 3 is 3.12 bits per heavy atom. The zero-order valence-electron chi connectivity index (χ0n) is 9.82. The highest BCUT2D eigenvalue weighted by Gasteiger charge is 2.11. The van der Waals surface area contributed by atoms with Crippen molar-refractivity contribution in [2.24, 2.45) is 0 Å². The Labute approximate surface area is 105 Å². The van der Waals surface area contributed by atoms with Gasteiger partial charge in [-0.15, -0.1) is 11.3 Å². The number of carbonyl (C=O) groups excluding carboxylic acids is 1. The monoisotopic (exact) mass is 253 g/mol. The quantitative estimate of drug-likeness (QED) is 0.778. The van der Waals surface area contributed by atoms with Crippen LogP contribution in [0.4, 0.5) is 0 Å². The molecule has 0 fully saturated rings. The summed E-state index contributed by atoms with van der Waals surface area (Å²) in [5, 5.41) is 13.3. The van der Waals surface area contributed by atoms with Crippen molar-refractivity contribution in [3.63, 3.8) is 0 Å². The molecule has 0 bridgehead atoms. The van der Waals surface area contributed by atoms with E-state index in [0.717, 1.165) is 10.4 Å². The minimum atomic E-state index is -0.457. The number of ether oxygens (including phenoxy) is 1. The van der Waals surface area contributed by atoms with Crippen LogP contribution in [-0.4, -0.2) is 30.8 Å². The van der Waals surface area contributed by atoms with Crippen LogP contribution in [0.1, 0.15) is 17.4 Å². The van der Waals surface area contributed by atoms with Crippen molar-refractivity contribution in [1.29, 1.82) is 0 Å². The van der Waals surface area contributed by atoms with Crippen molar-refractivity contribution in [2.75, 3.05) is 13.7 Å². The molecule has 0 aromatic carbocycles. The molecule has 0 spiro atoms. The Morgan fingerprint density at radius 1 is 1.71 bits per heavy atom. The van der Waals surface area contributed by atoms with Gasteiger partial charge < -0.3 is 15.2 Å². The van der Waals surface area contributed by atoms with E-state index >= 15 is 0 Å². The molecule has 4 nitrogen and oxygen atoms in total. The number of nitrogens with one attached hydrogen (secondary N) is 1. The first-order valence-electron chi connectivity index (χ1n) is 5.15. The molecule has 1 unspecified atom stereocenters. The summed E-state index contributed by atoms with van der Waals surface area (Å²) >= 11 is 1.52. The molecule has 1 heterocycles. The number of rotatable bonds is 4. The van der Waals surface area contributed by atoms with Crippen LogP contribution in [0, 0.1) is 11.8 Å². The molecule has 0 saturated heterocycles. The summed E-state index contributed by atoms with van der Waals surface area (Å²) in [6.45, 7) is 1.96. The predicted molar refractivity (Wildman–Crippen MR) is 66.6 cm³/mol. The maximum atomic E-state index is 11.5. The molecule has 17 heavy (non-hydrogen) atoms. The van der Waals surface area contributed by atoms with Gasteiger partial charge in [0.05, 0.1) is 6.54 Å². The molecule has 5 heteroatoms. The molecule has 1 atom stereocenters. The molecule has 0 saturated carbocycles. The van der Waals surface area contributed by atoms with Crippen molar-refractivity contribution in [2.45, 2.75) is 19.6 Å². The molecule has 1 aromatic rings. The minimum Gasteiger partial charge on any atom is -0.384 e. The molecule has 1 amide bonds. The second-order valence-electron chi connectivity index (χ2n) is 3.31. The third-order valence-corrected chi connectivity index (χ3v) is 3.11. The zero-order chi connectivity index (χ0) is 12.7. The van der Waals surface area contributed by atoms with Crippen LogP contribution in [0.5, 0.6) is 0 Å². The Kier molecular flexibility index (Phi) is 5.70. The van der Waals surface area contributed by atoms with Gasteiger partial charge >= 0.3 is 0 Å². The lowest BCUT2D eigenvalue weighted by molar-refractivity contribution is -0.130. The Bertz CT molecular complexity index is 430. The number of aliphatic hydroxyl groups excluding tert-OH is 1. The molecule has 0 aliphatic carbocycles. The van der Waals surface area contributed by atoms with Crippen LogP contribution in [0.2, 0.25) is 0 Å². The molecule has 2 N–H and O–H groups in total. The molecule has 0 aliphatic rings. The number of hydrogen-bond acceptors (Lipinski definition) is 4. The summed E-state index contributed by atoms with van der Waals surface area (Å²) in [7, 11) is 1.49. The van der Waals surface area contributed by atoms with Crippen LogP contribution < -0.4 is 5.32 Å². The van der Waals surface area contributed by atoms with Crippen LogP contribution in [0.15, 0.2) is 11.4 Å². The fraction of sp³-hybridized carbons (Fsp3) is 0.417. The van der Waals surface area contributed by atoms with E-state index in [2.05, 4.69) is 17.2 Å². The molecule has 92 valence electrons. The Hall–Kier alpha value is -1.35. The van der Waals surface area contributed by atoms with E-state index in [4.69, 9.17) is 9.84 Å². The van der Waals surface area contributed by atoms with Gasteiger partial charge in [0.25, 0.3) is 0 Å². The number of hydrogen-bond donors (Lipinski definition) is 2. The maximum Gasteiger partial charge on any atom is 0.249 e. The summed E-state index contributed by atoms with van der Waals surface area (Å²) < 4.78 is 4.91. The van der Waals surface area contributed by atoms with Gasteiger partial charge in [-0.2, -0.15) is 0 Å². The Balaban J connectivity index is 2.58. The first-order valence-corrected chi connectivity index (χ1v) is 6.03. The van der Waals surface area contributed by atoms with Crippen LogP contribution >= 0.6 is 11.3 Å². The summed E-state index contributed by atoms with van der Waals surface area (Å²) in [4.78, 5) is 12.5. The van der Waals surface area contributed by atoms with E-state index in [9.17, 15) is 4.79 Å². The van der Waals surface area contributed by atoms with Gasteiger partial charge in [-0.1, -0.05) is 11.8 Å². The standard InChI is InChI=1S/C12H15NO3S/c1-9(16-2)12(15)13-8-11-10(4-3-6-14)5-7-17-11/h5,7,9,14H,6,8H2,1-2H3,(H,13,15). The Morgan fingerprint density at radius 2 is 2.47 bits per heavy atom. The normalized spacial score (nSPS) is 11.5. The molecule has 0 radical (unpaired) electrons. The van der Waals surface area contributed by atoms with E-state index < -0.39 is 6.10 Å². The smallest absolute Gasteiger partial charge is 0.249 e. The minimum absolute atomic E-state index is 0.151. The van der Waals surface area contributed by atoms with Gasteiger partial charge in [0, 0.05) is 17.6 Å². The fourth-order valence-electron chi connectivity index (χ4n) is 1.14. The van der Waals surface area contributed by atoms with Crippen molar-refractivity contribution in [1.82, 2.24) is 5.32 Å². The molecular weight excluding hydrogens is 238 g/mol. The molecule has 1 aromatic heterocycles. The highest BCUT2D eigenvalue weighted by Crippen LogP contribution is 2.15. The van der Waals surface area contributed by atoms with E-state index in [1.165, 1.54) is 18.4 Å². The lowest BCUT2D eigenvalue weighted by Gasteiger charge is -2.09. The number of aliphatic hydroxyl groups is 1. The van der Waals surface area contributed by atoms with E-state index in [-0.39, 0.29) is 12.5 Å². The molecule has 0 aliphatic heterocycles. The first kappa shape index (κ1) is 13.7. The van der Waals surface area contributed by atoms with E-state index in [0.29, 0.717) is 6.54 Å². The molecule has 1 rings (SSSR count). The van der Waals surface area contributed by atoms with Crippen molar-refractivity contribution in [3.05, 3.63) is 21.9 Å². The summed E-state index contributed by atoms with van der Waals surface area (Å²) in [5.41, 5.74) is 0.842. The van der Waals surface area contributed by atoms with Gasteiger partial charge in [0.15, 0.2) is 0 Å². The van der Waals surface area contributed by atoms with Gasteiger partial charge in [0.1, 0.15) is 12.7 Å². The van der Waals surface area contributed by atoms with Gasteiger partial charge in [-0.3, -0.25) is 4.79 Å². The summed E-state index contributed by atoms with van der Waals surface area (Å²) in [6, 6.07) is 1.87. The van der Waals surface area contributed by atoms with Crippen LogP contribution in [-0.2, 0) is 16.1 Å². The van der Waals surface area contributed by atoms with Crippen LogP contribution in [0.25, 0.3) is 0 Å². The number of amides is 1. The highest BCUT2D eigenvalue weighted by molar-refractivity contribution is 7.10. The second kappa shape index (κ2) is 7.07. The zero-order valence-corrected chi connectivity index (χ0v) is 10.6. The topological polar surface area (TPSA) is 58.6 Å². The third-order valence-electron chi connectivity index (χ3n) is 2.19. The van der Waals surface area contributed by atoms with Crippen molar-refractivity contribution < 1.29 is 14.6 Å². The highest BCUT2D eigenvalue weighted by atomic mass is 32.1. The largest absolute Gasteiger partial charge is 0.384 e. The lowest BCUT2D eigenvalue weighted by atomic mass is 10.2. The predicted octanol–water partition coefficient (Wildman–Crippen LogP) is 0.743. The van der Waals surface area contributed by atoms with Gasteiger partial charge in [-0.05, 0) is 18.4 Å². The lowest BCUT2D eigenvalue weighted by Crippen LogP contribution is -2.33. The first-order chi connectivity index (χ1) is 8.19. The molecular formula is C12H15NO3S. The van der Waals surface area contributed by atoms with Crippen LogP contribution in [0.3, 0.4) is 0 Å². The van der Waals surface area contributed by atoms with E-state index in [1.807, 2.05) is 11.4 Å². The van der Waals surface area contributed by atoms with Gasteiger partial charge in [0.2, 0.25) is 5.91 Å². The second-order valence-corrected chi connectivity index (χ2v) is 4.31. The SMILES string of the molecule is COC(C)C(=O)NCc1sccc1C#CCO. The summed E-state index contributed by atoms with van der Waals surface area (Å²) in [6.07, 6.45) is -0.457.